The van der Waals surface area contributed by atoms with E-state index in [1.807, 2.05) is 18.2 Å². The van der Waals surface area contributed by atoms with Gasteiger partial charge in [0.05, 0.1) is 12.2 Å². The standard InChI is InChI=1S/C13H17NO2/c14-8-13(7-9-5-6-12(13)16-9)10-3-1-2-4-11(10)15/h1-4,9,12,15H,5-8,14H2. The summed E-state index contributed by atoms with van der Waals surface area (Å²) in [6.07, 6.45) is 3.69. The third-order valence-electron chi connectivity index (χ3n) is 4.12. The highest BCUT2D eigenvalue weighted by molar-refractivity contribution is 5.41. The molecule has 2 fully saturated rings. The summed E-state index contributed by atoms with van der Waals surface area (Å²) in [5.74, 6) is 0.351. The van der Waals surface area contributed by atoms with Crippen molar-refractivity contribution in [1.29, 1.82) is 0 Å². The molecule has 2 aliphatic heterocycles. The van der Waals surface area contributed by atoms with E-state index in [1.54, 1.807) is 6.07 Å². The van der Waals surface area contributed by atoms with Crippen LogP contribution in [0.15, 0.2) is 24.3 Å². The van der Waals surface area contributed by atoms with Gasteiger partial charge in [0.1, 0.15) is 5.75 Å². The number of rotatable bonds is 2. The fourth-order valence-electron chi connectivity index (χ4n) is 3.30. The Kier molecular flexibility index (Phi) is 2.19. The molecular formula is C13H17NO2. The normalized spacial score (nSPS) is 36.8. The summed E-state index contributed by atoms with van der Waals surface area (Å²) in [6, 6.07) is 7.51. The molecule has 1 aromatic rings. The predicted molar refractivity (Wildman–Crippen MR) is 61.4 cm³/mol. The summed E-state index contributed by atoms with van der Waals surface area (Å²) in [5.41, 5.74) is 6.77. The number of phenols is 1. The average Bonchev–Trinajstić information content (AvgIpc) is 2.90. The fraction of sp³-hybridized carbons (Fsp3) is 0.538. The topological polar surface area (TPSA) is 55.5 Å². The van der Waals surface area contributed by atoms with Crippen molar-refractivity contribution in [2.75, 3.05) is 6.54 Å². The van der Waals surface area contributed by atoms with Gasteiger partial charge in [0.15, 0.2) is 0 Å². The zero-order valence-electron chi connectivity index (χ0n) is 9.23. The molecule has 3 unspecified atom stereocenters. The third kappa shape index (κ3) is 1.22. The number of aromatic hydroxyl groups is 1. The molecule has 0 spiro atoms. The van der Waals surface area contributed by atoms with Gasteiger partial charge >= 0.3 is 0 Å². The first kappa shape index (κ1) is 10.1. The lowest BCUT2D eigenvalue weighted by Crippen LogP contribution is -2.43. The van der Waals surface area contributed by atoms with Crippen LogP contribution in [0.25, 0.3) is 0 Å². The van der Waals surface area contributed by atoms with Gasteiger partial charge in [-0.1, -0.05) is 18.2 Å². The van der Waals surface area contributed by atoms with E-state index in [0.717, 1.165) is 24.8 Å². The molecule has 0 amide bonds. The van der Waals surface area contributed by atoms with Crippen molar-refractivity contribution >= 4 is 0 Å². The Morgan fingerprint density at radius 3 is 2.75 bits per heavy atom. The number of fused-ring (bicyclic) bond motifs is 2. The first-order valence-corrected chi connectivity index (χ1v) is 5.90. The molecule has 3 heteroatoms. The van der Waals surface area contributed by atoms with Crippen LogP contribution in [0.5, 0.6) is 5.75 Å². The lowest BCUT2D eigenvalue weighted by Gasteiger charge is -2.35. The second kappa shape index (κ2) is 3.47. The third-order valence-corrected chi connectivity index (χ3v) is 4.12. The van der Waals surface area contributed by atoms with E-state index in [9.17, 15) is 5.11 Å². The molecular weight excluding hydrogens is 202 g/mol. The van der Waals surface area contributed by atoms with Crippen LogP contribution >= 0.6 is 0 Å². The average molecular weight is 219 g/mol. The van der Waals surface area contributed by atoms with Gasteiger partial charge in [-0.05, 0) is 25.3 Å². The minimum Gasteiger partial charge on any atom is -0.508 e. The van der Waals surface area contributed by atoms with Crippen LogP contribution in [0.1, 0.15) is 24.8 Å². The van der Waals surface area contributed by atoms with Crippen molar-refractivity contribution in [2.24, 2.45) is 5.73 Å². The largest absolute Gasteiger partial charge is 0.508 e. The summed E-state index contributed by atoms with van der Waals surface area (Å²) < 4.78 is 5.90. The first-order valence-electron chi connectivity index (χ1n) is 5.90. The van der Waals surface area contributed by atoms with Crippen LogP contribution in [-0.2, 0) is 10.2 Å². The van der Waals surface area contributed by atoms with Crippen LogP contribution in [0.2, 0.25) is 0 Å². The molecule has 0 aliphatic carbocycles. The van der Waals surface area contributed by atoms with Crippen LogP contribution in [-0.4, -0.2) is 23.9 Å². The monoisotopic (exact) mass is 219 g/mol. The maximum atomic E-state index is 9.98. The Labute approximate surface area is 95.2 Å². The van der Waals surface area contributed by atoms with Gasteiger partial charge < -0.3 is 15.6 Å². The lowest BCUT2D eigenvalue weighted by atomic mass is 9.69. The maximum Gasteiger partial charge on any atom is 0.119 e. The molecule has 16 heavy (non-hydrogen) atoms. The predicted octanol–water partition coefficient (Wildman–Crippen LogP) is 1.54. The van der Waals surface area contributed by atoms with Crippen molar-refractivity contribution in [3.8, 4) is 5.75 Å². The summed E-state index contributed by atoms with van der Waals surface area (Å²) in [7, 11) is 0. The summed E-state index contributed by atoms with van der Waals surface area (Å²) in [4.78, 5) is 0. The molecule has 3 rings (SSSR count). The number of phenolic OH excluding ortho intramolecular Hbond substituents is 1. The first-order chi connectivity index (χ1) is 7.76. The Bertz CT molecular complexity index is 407. The Morgan fingerprint density at radius 1 is 1.38 bits per heavy atom. The molecule has 3 N–H and O–H groups in total. The summed E-state index contributed by atoms with van der Waals surface area (Å²) >= 11 is 0. The quantitative estimate of drug-likeness (QED) is 0.793. The molecule has 0 saturated carbocycles. The number of hydrogen-bond acceptors (Lipinski definition) is 3. The second-order valence-electron chi connectivity index (χ2n) is 4.91. The van der Waals surface area contributed by atoms with Gasteiger partial charge in [-0.3, -0.25) is 0 Å². The molecule has 2 heterocycles. The molecule has 3 nitrogen and oxygen atoms in total. The van der Waals surface area contributed by atoms with E-state index >= 15 is 0 Å². The van der Waals surface area contributed by atoms with Crippen LogP contribution in [0.4, 0.5) is 0 Å². The van der Waals surface area contributed by atoms with Crippen LogP contribution in [0.3, 0.4) is 0 Å². The van der Waals surface area contributed by atoms with Crippen molar-refractivity contribution in [1.82, 2.24) is 0 Å². The Hall–Kier alpha value is -1.06. The van der Waals surface area contributed by atoms with E-state index in [0.29, 0.717) is 18.4 Å². The number of hydrogen-bond donors (Lipinski definition) is 2. The molecule has 2 aliphatic rings. The highest BCUT2D eigenvalue weighted by Gasteiger charge is 2.53. The van der Waals surface area contributed by atoms with Gasteiger partial charge in [0, 0.05) is 17.5 Å². The zero-order valence-corrected chi connectivity index (χ0v) is 9.23. The van der Waals surface area contributed by atoms with E-state index in [2.05, 4.69) is 0 Å². The summed E-state index contributed by atoms with van der Waals surface area (Å²) in [6.45, 7) is 0.547. The molecule has 1 aromatic carbocycles. The van der Waals surface area contributed by atoms with Gasteiger partial charge in [-0.15, -0.1) is 0 Å². The fourth-order valence-corrected chi connectivity index (χ4v) is 3.30. The summed E-state index contributed by atoms with van der Waals surface area (Å²) in [5, 5.41) is 9.98. The van der Waals surface area contributed by atoms with Gasteiger partial charge in [0.2, 0.25) is 0 Å². The number of ether oxygens (including phenoxy) is 1. The van der Waals surface area contributed by atoms with Gasteiger partial charge in [-0.25, -0.2) is 0 Å². The minimum absolute atomic E-state index is 0.158. The van der Waals surface area contributed by atoms with Crippen molar-refractivity contribution < 1.29 is 9.84 Å². The highest BCUT2D eigenvalue weighted by Crippen LogP contribution is 2.50. The van der Waals surface area contributed by atoms with E-state index < -0.39 is 0 Å². The molecule has 0 radical (unpaired) electrons. The van der Waals surface area contributed by atoms with E-state index in [4.69, 9.17) is 10.5 Å². The number of para-hydroxylation sites is 1. The Balaban J connectivity index is 2.06. The smallest absolute Gasteiger partial charge is 0.119 e. The maximum absolute atomic E-state index is 9.98. The van der Waals surface area contributed by atoms with Gasteiger partial charge in [-0.2, -0.15) is 0 Å². The number of benzene rings is 1. The second-order valence-corrected chi connectivity index (χ2v) is 4.91. The van der Waals surface area contributed by atoms with E-state index in [1.165, 1.54) is 0 Å². The number of nitrogens with two attached hydrogens (primary N) is 1. The minimum atomic E-state index is -0.158. The zero-order chi connectivity index (χ0) is 11.2. The molecule has 2 bridgehead atoms. The van der Waals surface area contributed by atoms with Crippen molar-refractivity contribution in [3.05, 3.63) is 29.8 Å². The van der Waals surface area contributed by atoms with Gasteiger partial charge in [0.25, 0.3) is 0 Å². The van der Waals surface area contributed by atoms with E-state index in [-0.39, 0.29) is 11.5 Å². The molecule has 2 saturated heterocycles. The molecule has 0 aromatic heterocycles. The molecule has 86 valence electrons. The SMILES string of the molecule is NCC1(c2ccccc2O)CC2CCC1O2. The highest BCUT2D eigenvalue weighted by atomic mass is 16.5. The lowest BCUT2D eigenvalue weighted by molar-refractivity contribution is 0.0852. The Morgan fingerprint density at radius 2 is 2.19 bits per heavy atom. The molecule has 3 atom stereocenters. The van der Waals surface area contributed by atoms with Crippen LogP contribution in [0, 0.1) is 0 Å². The van der Waals surface area contributed by atoms with Crippen molar-refractivity contribution in [2.45, 2.75) is 36.9 Å². The van der Waals surface area contributed by atoms with Crippen molar-refractivity contribution in [3.63, 3.8) is 0 Å². The van der Waals surface area contributed by atoms with Crippen LogP contribution < -0.4 is 5.73 Å².